The van der Waals surface area contributed by atoms with Crippen LogP contribution in [0, 0.1) is 6.92 Å². The third kappa shape index (κ3) is 3.29. The molecule has 0 spiro atoms. The number of anilines is 4. The lowest BCUT2D eigenvalue weighted by Crippen LogP contribution is -2.13. The molecule has 0 aliphatic carbocycles. The van der Waals surface area contributed by atoms with E-state index in [0.29, 0.717) is 28.7 Å². The van der Waals surface area contributed by atoms with Crippen LogP contribution in [0.3, 0.4) is 0 Å². The first-order valence-electron chi connectivity index (χ1n) is 7.55. The normalized spacial score (nSPS) is 10.6. The summed E-state index contributed by atoms with van der Waals surface area (Å²) < 4.78 is 4.69. The Kier molecular flexibility index (Phi) is 3.79. The van der Waals surface area contributed by atoms with E-state index in [1.165, 1.54) is 5.56 Å². The number of rotatable bonds is 5. The summed E-state index contributed by atoms with van der Waals surface area (Å²) in [5.74, 6) is 1.56. The number of fused-ring (bicyclic) bond motifs is 1. The van der Waals surface area contributed by atoms with Gasteiger partial charge in [0, 0.05) is 11.9 Å². The van der Waals surface area contributed by atoms with Crippen LogP contribution in [0.25, 0.3) is 11.3 Å². The predicted molar refractivity (Wildman–Crippen MR) is 93.3 cm³/mol. The molecule has 0 unspecified atom stereocenters. The van der Waals surface area contributed by atoms with E-state index < -0.39 is 0 Å². The zero-order valence-corrected chi connectivity index (χ0v) is 13.3. The van der Waals surface area contributed by atoms with E-state index in [2.05, 4.69) is 41.4 Å². The van der Waals surface area contributed by atoms with E-state index in [0.717, 1.165) is 5.69 Å². The molecule has 0 radical (unpaired) electrons. The number of aromatic nitrogens is 5. The second kappa shape index (κ2) is 6.40. The first kappa shape index (κ1) is 14.8. The molecule has 0 amide bonds. The highest BCUT2D eigenvalue weighted by molar-refractivity contribution is 5.76. The molecule has 124 valence electrons. The molecule has 3 N–H and O–H groups in total. The zero-order chi connectivity index (χ0) is 17.1. The van der Waals surface area contributed by atoms with Crippen LogP contribution in [-0.4, -0.2) is 25.3 Å². The molecule has 3 aromatic heterocycles. The number of benzene rings is 1. The molecule has 4 rings (SSSR count). The highest BCUT2D eigenvalue weighted by Crippen LogP contribution is 2.24. The molecule has 9 heteroatoms. The fourth-order valence-electron chi connectivity index (χ4n) is 2.15. The number of hydrogen-bond acceptors (Lipinski definition) is 9. The third-order valence-corrected chi connectivity index (χ3v) is 3.40. The monoisotopic (exact) mass is 334 g/mol. The number of hydrogen-bond donors (Lipinski definition) is 3. The van der Waals surface area contributed by atoms with E-state index in [1.54, 1.807) is 6.20 Å². The average Bonchev–Trinajstić information content (AvgIpc) is 3.10. The van der Waals surface area contributed by atoms with Gasteiger partial charge in [0.05, 0.1) is 0 Å². The fourth-order valence-corrected chi connectivity index (χ4v) is 2.15. The lowest BCUT2D eigenvalue weighted by Gasteiger charge is -2.12. The van der Waals surface area contributed by atoms with E-state index in [9.17, 15) is 0 Å². The molecule has 0 saturated heterocycles. The van der Waals surface area contributed by atoms with Gasteiger partial charge in [-0.15, -0.1) is 0 Å². The molecule has 3 heterocycles. The lowest BCUT2D eigenvalue weighted by molar-refractivity contribution is 0.314. The molecule has 1 aromatic carbocycles. The van der Waals surface area contributed by atoms with Crippen LogP contribution in [0.2, 0.25) is 0 Å². The van der Waals surface area contributed by atoms with Crippen molar-refractivity contribution >= 4 is 34.4 Å². The van der Waals surface area contributed by atoms with Gasteiger partial charge >= 0.3 is 0 Å². The van der Waals surface area contributed by atoms with Gasteiger partial charge < -0.3 is 5.32 Å². The van der Waals surface area contributed by atoms with Gasteiger partial charge in [0.1, 0.15) is 5.82 Å². The molecular formula is C16H14N8O. The largest absolute Gasteiger partial charge is 0.337 e. The van der Waals surface area contributed by atoms with Crippen LogP contribution < -0.4 is 16.2 Å². The van der Waals surface area contributed by atoms with Gasteiger partial charge in [0.25, 0.3) is 0 Å². The first-order chi connectivity index (χ1) is 12.3. The number of pyridine rings is 1. The summed E-state index contributed by atoms with van der Waals surface area (Å²) >= 11 is 0. The van der Waals surface area contributed by atoms with Crippen LogP contribution in [0.1, 0.15) is 5.56 Å². The summed E-state index contributed by atoms with van der Waals surface area (Å²) in [6.45, 7) is 2.03. The lowest BCUT2D eigenvalue weighted by atomic mass is 10.2. The van der Waals surface area contributed by atoms with E-state index >= 15 is 0 Å². The summed E-state index contributed by atoms with van der Waals surface area (Å²) in [5, 5.41) is 10.7. The number of hydrazine groups is 1. The summed E-state index contributed by atoms with van der Waals surface area (Å²) in [4.78, 5) is 13.0. The van der Waals surface area contributed by atoms with E-state index in [-0.39, 0.29) is 0 Å². The summed E-state index contributed by atoms with van der Waals surface area (Å²) in [5.41, 5.74) is 8.62. The maximum atomic E-state index is 4.69. The standard InChI is InChI=1S/C16H14N8O/c1-10-5-7-11(8-6-10)18-13-14(20-16-15(19-13)23-25-24-16)22-21-12-4-2-3-9-17-12/h2-9H,1H3,(H,17,21)(H,18,19,23)(H,20,22,24). The molecular weight excluding hydrogens is 320 g/mol. The molecule has 0 bridgehead atoms. The Morgan fingerprint density at radius 3 is 2.32 bits per heavy atom. The molecule has 0 aliphatic heterocycles. The van der Waals surface area contributed by atoms with Crippen LogP contribution in [0.4, 0.5) is 23.1 Å². The molecule has 0 aliphatic rings. The first-order valence-corrected chi connectivity index (χ1v) is 7.55. The van der Waals surface area contributed by atoms with Crippen LogP contribution in [0.15, 0.2) is 53.3 Å². The van der Waals surface area contributed by atoms with Crippen molar-refractivity contribution in [2.24, 2.45) is 0 Å². The van der Waals surface area contributed by atoms with Gasteiger partial charge in [-0.3, -0.25) is 10.9 Å². The Bertz CT molecular complexity index is 984. The molecule has 0 saturated carbocycles. The minimum Gasteiger partial charge on any atom is -0.337 e. The zero-order valence-electron chi connectivity index (χ0n) is 13.3. The Balaban J connectivity index is 1.64. The van der Waals surface area contributed by atoms with Gasteiger partial charge in [-0.05, 0) is 41.5 Å². The van der Waals surface area contributed by atoms with Crippen molar-refractivity contribution in [2.75, 3.05) is 16.2 Å². The van der Waals surface area contributed by atoms with Gasteiger partial charge in [-0.2, -0.15) is 4.98 Å². The van der Waals surface area contributed by atoms with Crippen molar-refractivity contribution in [3.8, 4) is 0 Å². The van der Waals surface area contributed by atoms with Crippen molar-refractivity contribution in [2.45, 2.75) is 6.92 Å². The minimum atomic E-state index is 0.305. The average molecular weight is 334 g/mol. The summed E-state index contributed by atoms with van der Waals surface area (Å²) in [6.07, 6.45) is 1.69. The Morgan fingerprint density at radius 1 is 0.840 bits per heavy atom. The van der Waals surface area contributed by atoms with Crippen LogP contribution in [-0.2, 0) is 0 Å². The minimum absolute atomic E-state index is 0.305. The second-order valence-corrected chi connectivity index (χ2v) is 5.29. The van der Waals surface area contributed by atoms with Gasteiger partial charge in [0.15, 0.2) is 11.6 Å². The maximum Gasteiger partial charge on any atom is 0.245 e. The highest BCUT2D eigenvalue weighted by atomic mass is 16.6. The Hall–Kier alpha value is -3.75. The van der Waals surface area contributed by atoms with Crippen LogP contribution >= 0.6 is 0 Å². The van der Waals surface area contributed by atoms with Gasteiger partial charge in [-0.1, -0.05) is 23.8 Å². The summed E-state index contributed by atoms with van der Waals surface area (Å²) in [6, 6.07) is 13.5. The van der Waals surface area contributed by atoms with E-state index in [4.69, 9.17) is 4.63 Å². The van der Waals surface area contributed by atoms with Crippen molar-refractivity contribution < 1.29 is 4.63 Å². The molecule has 4 aromatic rings. The summed E-state index contributed by atoms with van der Waals surface area (Å²) in [7, 11) is 0. The van der Waals surface area contributed by atoms with Crippen molar-refractivity contribution in [1.29, 1.82) is 0 Å². The van der Waals surface area contributed by atoms with Gasteiger partial charge in [0.2, 0.25) is 11.3 Å². The number of nitrogens with zero attached hydrogens (tertiary/aromatic N) is 5. The topological polar surface area (TPSA) is 114 Å². The third-order valence-electron chi connectivity index (χ3n) is 3.40. The highest BCUT2D eigenvalue weighted by Gasteiger charge is 2.13. The maximum absolute atomic E-state index is 4.69. The molecule has 0 atom stereocenters. The van der Waals surface area contributed by atoms with E-state index in [1.807, 2.05) is 49.4 Å². The smallest absolute Gasteiger partial charge is 0.245 e. The van der Waals surface area contributed by atoms with Crippen molar-refractivity contribution in [1.82, 2.24) is 25.3 Å². The van der Waals surface area contributed by atoms with Crippen LogP contribution in [0.5, 0.6) is 0 Å². The second-order valence-electron chi connectivity index (χ2n) is 5.29. The SMILES string of the molecule is Cc1ccc(Nc2nc3nonc3nc2NNc2ccccn2)cc1. The quantitative estimate of drug-likeness (QED) is 0.474. The number of nitrogens with one attached hydrogen (secondary N) is 3. The van der Waals surface area contributed by atoms with Crippen molar-refractivity contribution in [3.05, 3.63) is 54.2 Å². The molecule has 9 nitrogen and oxygen atoms in total. The molecule has 25 heavy (non-hydrogen) atoms. The number of aryl methyl sites for hydroxylation is 1. The Morgan fingerprint density at radius 2 is 1.60 bits per heavy atom. The fraction of sp³-hybridized carbons (Fsp3) is 0.0625. The molecule has 0 fully saturated rings. The van der Waals surface area contributed by atoms with Crippen molar-refractivity contribution in [3.63, 3.8) is 0 Å². The predicted octanol–water partition coefficient (Wildman–Crippen LogP) is 2.90. The Labute approximate surface area is 142 Å². The van der Waals surface area contributed by atoms with Gasteiger partial charge in [-0.25, -0.2) is 14.6 Å².